The van der Waals surface area contributed by atoms with Crippen molar-refractivity contribution < 1.29 is 0 Å². The summed E-state index contributed by atoms with van der Waals surface area (Å²) >= 11 is 0. The largest absolute Gasteiger partial charge is 0.348 e. The highest BCUT2D eigenvalue weighted by Crippen LogP contribution is 2.10. The molecule has 3 rings (SSSR count). The number of hydrogen-bond acceptors (Lipinski definition) is 5. The van der Waals surface area contributed by atoms with Gasteiger partial charge in [-0.05, 0) is 6.07 Å². The summed E-state index contributed by atoms with van der Waals surface area (Å²) in [6.45, 7) is 4.84. The first-order valence-corrected chi connectivity index (χ1v) is 6.14. The number of aromatic nitrogens is 4. The van der Waals surface area contributed by atoms with E-state index in [2.05, 4.69) is 29.7 Å². The van der Waals surface area contributed by atoms with Gasteiger partial charge in [0, 0.05) is 51.0 Å². The molecule has 6 heteroatoms. The van der Waals surface area contributed by atoms with Crippen LogP contribution in [0.25, 0.3) is 0 Å². The zero-order valence-electron chi connectivity index (χ0n) is 10.2. The zero-order valence-corrected chi connectivity index (χ0v) is 10.2. The second-order valence-electron chi connectivity index (χ2n) is 4.35. The van der Waals surface area contributed by atoms with E-state index in [1.165, 1.54) is 0 Å². The van der Waals surface area contributed by atoms with Crippen molar-refractivity contribution in [2.45, 2.75) is 6.54 Å². The van der Waals surface area contributed by atoms with Crippen LogP contribution >= 0.6 is 0 Å². The van der Waals surface area contributed by atoms with E-state index >= 15 is 0 Å². The normalized spacial score (nSPS) is 17.0. The van der Waals surface area contributed by atoms with Crippen LogP contribution in [-0.2, 0) is 6.54 Å². The van der Waals surface area contributed by atoms with Gasteiger partial charge in [0.2, 0.25) is 5.95 Å². The summed E-state index contributed by atoms with van der Waals surface area (Å²) in [5, 5.41) is 0. The minimum Gasteiger partial charge on any atom is -0.348 e. The number of aromatic amines is 1. The molecule has 1 aliphatic rings. The molecule has 0 radical (unpaired) electrons. The topological polar surface area (TPSA) is 60.9 Å². The monoisotopic (exact) mass is 244 g/mol. The minimum absolute atomic E-state index is 0.829. The Balaban J connectivity index is 1.55. The van der Waals surface area contributed by atoms with E-state index in [1.54, 1.807) is 18.6 Å². The van der Waals surface area contributed by atoms with Gasteiger partial charge in [0.1, 0.15) is 5.82 Å². The SMILES string of the molecule is c1cnc(N2CCN(Cc3ncc[nH]3)CC2)nc1. The molecule has 1 aliphatic heterocycles. The smallest absolute Gasteiger partial charge is 0.225 e. The lowest BCUT2D eigenvalue weighted by molar-refractivity contribution is 0.243. The van der Waals surface area contributed by atoms with Crippen LogP contribution in [0.2, 0.25) is 0 Å². The maximum Gasteiger partial charge on any atom is 0.225 e. The molecular weight excluding hydrogens is 228 g/mol. The Hall–Kier alpha value is -1.95. The van der Waals surface area contributed by atoms with Crippen LogP contribution in [-0.4, -0.2) is 51.0 Å². The Bertz CT molecular complexity index is 461. The Morgan fingerprint density at radius 1 is 1.00 bits per heavy atom. The van der Waals surface area contributed by atoms with Crippen molar-refractivity contribution in [1.29, 1.82) is 0 Å². The fourth-order valence-electron chi connectivity index (χ4n) is 2.16. The predicted octanol–water partition coefficient (Wildman–Crippen LogP) is 0.522. The van der Waals surface area contributed by atoms with Crippen molar-refractivity contribution in [3.8, 4) is 0 Å². The van der Waals surface area contributed by atoms with Crippen LogP contribution in [0.15, 0.2) is 30.9 Å². The molecule has 0 atom stereocenters. The number of H-pyrrole nitrogens is 1. The summed E-state index contributed by atoms with van der Waals surface area (Å²) in [5.41, 5.74) is 0. The summed E-state index contributed by atoms with van der Waals surface area (Å²) in [6, 6.07) is 1.84. The Morgan fingerprint density at radius 3 is 2.44 bits per heavy atom. The van der Waals surface area contributed by atoms with Crippen molar-refractivity contribution in [3.63, 3.8) is 0 Å². The molecule has 18 heavy (non-hydrogen) atoms. The summed E-state index contributed by atoms with van der Waals surface area (Å²) in [4.78, 5) is 20.6. The van der Waals surface area contributed by atoms with E-state index in [0.717, 1.165) is 44.5 Å². The highest BCUT2D eigenvalue weighted by Gasteiger charge is 2.19. The first-order chi connectivity index (χ1) is 8.92. The van der Waals surface area contributed by atoms with E-state index in [0.29, 0.717) is 0 Å². The molecule has 0 amide bonds. The molecule has 0 aliphatic carbocycles. The second-order valence-corrected chi connectivity index (χ2v) is 4.35. The van der Waals surface area contributed by atoms with Gasteiger partial charge in [-0.3, -0.25) is 4.90 Å². The molecule has 1 fully saturated rings. The molecule has 94 valence electrons. The number of imidazole rings is 1. The Morgan fingerprint density at radius 2 is 1.78 bits per heavy atom. The summed E-state index contributed by atoms with van der Waals surface area (Å²) < 4.78 is 0. The van der Waals surface area contributed by atoms with Gasteiger partial charge in [-0.1, -0.05) is 0 Å². The van der Waals surface area contributed by atoms with Crippen LogP contribution in [0.4, 0.5) is 5.95 Å². The van der Waals surface area contributed by atoms with Crippen molar-refractivity contribution >= 4 is 5.95 Å². The molecule has 1 saturated heterocycles. The van der Waals surface area contributed by atoms with Gasteiger partial charge in [-0.2, -0.15) is 0 Å². The van der Waals surface area contributed by atoms with Crippen molar-refractivity contribution in [2.24, 2.45) is 0 Å². The number of nitrogens with one attached hydrogen (secondary N) is 1. The van der Waals surface area contributed by atoms with Gasteiger partial charge >= 0.3 is 0 Å². The Labute approximate surface area is 106 Å². The van der Waals surface area contributed by atoms with Crippen molar-refractivity contribution in [2.75, 3.05) is 31.1 Å². The van der Waals surface area contributed by atoms with Crippen LogP contribution in [0.3, 0.4) is 0 Å². The molecule has 0 aromatic carbocycles. The third-order valence-electron chi connectivity index (χ3n) is 3.14. The lowest BCUT2D eigenvalue weighted by Crippen LogP contribution is -2.46. The standard InChI is InChI=1S/C12H16N6/c1-2-15-12(16-3-1)18-8-6-17(7-9-18)10-11-13-4-5-14-11/h1-5H,6-10H2,(H,13,14). The summed E-state index contributed by atoms with van der Waals surface area (Å²) in [5.74, 6) is 1.86. The Kier molecular flexibility index (Phi) is 3.18. The quantitative estimate of drug-likeness (QED) is 0.853. The molecule has 3 heterocycles. The third kappa shape index (κ3) is 2.48. The number of nitrogens with zero attached hydrogens (tertiary/aromatic N) is 5. The van der Waals surface area contributed by atoms with Gasteiger partial charge in [0.15, 0.2) is 0 Å². The second kappa shape index (κ2) is 5.14. The molecule has 1 N–H and O–H groups in total. The molecule has 0 spiro atoms. The summed E-state index contributed by atoms with van der Waals surface area (Å²) in [6.07, 6.45) is 7.24. The summed E-state index contributed by atoms with van der Waals surface area (Å²) in [7, 11) is 0. The van der Waals surface area contributed by atoms with Crippen molar-refractivity contribution in [3.05, 3.63) is 36.7 Å². The van der Waals surface area contributed by atoms with Gasteiger partial charge in [0.05, 0.1) is 6.54 Å². The first-order valence-electron chi connectivity index (χ1n) is 6.14. The van der Waals surface area contributed by atoms with Crippen LogP contribution in [0, 0.1) is 0 Å². The maximum absolute atomic E-state index is 4.28. The van der Waals surface area contributed by atoms with E-state index in [9.17, 15) is 0 Å². The van der Waals surface area contributed by atoms with Crippen LogP contribution < -0.4 is 4.90 Å². The lowest BCUT2D eigenvalue weighted by Gasteiger charge is -2.34. The van der Waals surface area contributed by atoms with Gasteiger partial charge in [0.25, 0.3) is 0 Å². The highest BCUT2D eigenvalue weighted by molar-refractivity contribution is 5.29. The molecule has 0 bridgehead atoms. The first kappa shape index (κ1) is 11.2. The van der Waals surface area contributed by atoms with E-state index in [4.69, 9.17) is 0 Å². The molecule has 2 aromatic rings. The number of rotatable bonds is 3. The lowest BCUT2D eigenvalue weighted by atomic mass is 10.3. The van der Waals surface area contributed by atoms with Crippen LogP contribution in [0.1, 0.15) is 5.82 Å². The molecule has 0 saturated carbocycles. The van der Waals surface area contributed by atoms with E-state index in [1.807, 2.05) is 12.3 Å². The molecule has 6 nitrogen and oxygen atoms in total. The fraction of sp³-hybridized carbons (Fsp3) is 0.417. The van der Waals surface area contributed by atoms with E-state index < -0.39 is 0 Å². The molecular formula is C12H16N6. The van der Waals surface area contributed by atoms with Gasteiger partial charge in [-0.15, -0.1) is 0 Å². The van der Waals surface area contributed by atoms with Gasteiger partial charge in [-0.25, -0.2) is 15.0 Å². The maximum atomic E-state index is 4.28. The predicted molar refractivity (Wildman–Crippen MR) is 68.1 cm³/mol. The molecule has 0 unspecified atom stereocenters. The van der Waals surface area contributed by atoms with Crippen LogP contribution in [0.5, 0.6) is 0 Å². The number of piperazine rings is 1. The number of hydrogen-bond donors (Lipinski definition) is 1. The number of anilines is 1. The van der Waals surface area contributed by atoms with Crippen molar-refractivity contribution in [1.82, 2.24) is 24.8 Å². The average Bonchev–Trinajstić information content (AvgIpc) is 2.94. The minimum atomic E-state index is 0.829. The fourth-order valence-corrected chi connectivity index (χ4v) is 2.16. The average molecular weight is 244 g/mol. The van der Waals surface area contributed by atoms with Gasteiger partial charge < -0.3 is 9.88 Å². The zero-order chi connectivity index (χ0) is 12.2. The van der Waals surface area contributed by atoms with E-state index in [-0.39, 0.29) is 0 Å². The molecule has 2 aromatic heterocycles. The third-order valence-corrected chi connectivity index (χ3v) is 3.14. The highest BCUT2D eigenvalue weighted by atomic mass is 15.3.